The second-order valence-corrected chi connectivity index (χ2v) is 6.41. The van der Waals surface area contributed by atoms with Gasteiger partial charge in [0, 0.05) is 11.6 Å². The first-order chi connectivity index (χ1) is 9.97. The fourth-order valence-electron chi connectivity index (χ4n) is 3.14. The molecule has 0 aliphatic heterocycles. The van der Waals surface area contributed by atoms with Gasteiger partial charge in [-0.3, -0.25) is 4.79 Å². The molecular formula is C17H26FN2O+. The van der Waals surface area contributed by atoms with Gasteiger partial charge in [0.05, 0.1) is 6.04 Å². The molecule has 1 aliphatic rings. The zero-order valence-electron chi connectivity index (χ0n) is 13.1. The summed E-state index contributed by atoms with van der Waals surface area (Å²) in [5.41, 5.74) is 0.645. The number of hydrogen-bond acceptors (Lipinski definition) is 1. The monoisotopic (exact) mass is 293 g/mol. The van der Waals surface area contributed by atoms with E-state index in [-0.39, 0.29) is 17.8 Å². The molecule has 0 spiro atoms. The topological polar surface area (TPSA) is 45.7 Å². The molecule has 4 atom stereocenters. The van der Waals surface area contributed by atoms with Crippen LogP contribution in [0.3, 0.4) is 0 Å². The summed E-state index contributed by atoms with van der Waals surface area (Å²) in [6.45, 7) is 6.52. The van der Waals surface area contributed by atoms with Gasteiger partial charge in [0.15, 0.2) is 6.04 Å². The molecule has 4 heteroatoms. The third kappa shape index (κ3) is 4.27. The Hall–Kier alpha value is -1.42. The van der Waals surface area contributed by atoms with Gasteiger partial charge in [0.2, 0.25) is 0 Å². The highest BCUT2D eigenvalue weighted by Gasteiger charge is 2.32. The summed E-state index contributed by atoms with van der Waals surface area (Å²) < 4.78 is 12.9. The van der Waals surface area contributed by atoms with Gasteiger partial charge >= 0.3 is 0 Å². The van der Waals surface area contributed by atoms with Crippen LogP contribution in [0.25, 0.3) is 0 Å². The molecule has 3 nitrogen and oxygen atoms in total. The Balaban J connectivity index is 1.88. The van der Waals surface area contributed by atoms with Gasteiger partial charge in [-0.25, -0.2) is 4.39 Å². The van der Waals surface area contributed by atoms with Crippen LogP contribution in [0.2, 0.25) is 0 Å². The maximum absolute atomic E-state index is 12.9. The van der Waals surface area contributed by atoms with Crippen LogP contribution in [-0.2, 0) is 4.79 Å². The van der Waals surface area contributed by atoms with E-state index in [1.54, 1.807) is 12.1 Å². The van der Waals surface area contributed by atoms with E-state index in [1.165, 1.54) is 31.4 Å². The molecule has 0 radical (unpaired) electrons. The van der Waals surface area contributed by atoms with Crippen LogP contribution in [-0.4, -0.2) is 18.0 Å². The SMILES string of the molecule is C[C@@H]1[C@H](C)CCC[C@H]1[NH2+][C@@H](C)C(=O)Nc1ccc(F)cc1. The molecule has 0 unspecified atom stereocenters. The molecule has 3 N–H and O–H groups in total. The van der Waals surface area contributed by atoms with Crippen molar-refractivity contribution in [2.45, 2.75) is 52.1 Å². The van der Waals surface area contributed by atoms with E-state index in [1.807, 2.05) is 6.92 Å². The van der Waals surface area contributed by atoms with Crippen LogP contribution < -0.4 is 10.6 Å². The van der Waals surface area contributed by atoms with E-state index in [0.717, 1.165) is 5.92 Å². The standard InChI is InChI=1S/C17H25FN2O/c1-11-5-4-6-16(12(11)2)19-13(3)17(21)20-15-9-7-14(18)8-10-15/h7-13,16,19H,4-6H2,1-3H3,(H,20,21)/p+1/t11-,12-,13+,16-/m1/s1. The minimum Gasteiger partial charge on any atom is -0.334 e. The third-order valence-electron chi connectivity index (χ3n) is 4.83. The predicted octanol–water partition coefficient (Wildman–Crippen LogP) is 2.54. The number of amides is 1. The highest BCUT2D eigenvalue weighted by atomic mass is 19.1. The molecule has 1 fully saturated rings. The molecule has 1 aliphatic carbocycles. The highest BCUT2D eigenvalue weighted by Crippen LogP contribution is 2.27. The predicted molar refractivity (Wildman–Crippen MR) is 82.4 cm³/mol. The van der Waals surface area contributed by atoms with Crippen molar-refractivity contribution >= 4 is 11.6 Å². The van der Waals surface area contributed by atoms with Crippen molar-refractivity contribution in [1.82, 2.24) is 0 Å². The molecule has 21 heavy (non-hydrogen) atoms. The lowest BCUT2D eigenvalue weighted by Crippen LogP contribution is -2.97. The summed E-state index contributed by atoms with van der Waals surface area (Å²) in [5.74, 6) is 1.05. The molecule has 0 heterocycles. The van der Waals surface area contributed by atoms with Gasteiger partial charge in [0.25, 0.3) is 5.91 Å². The lowest BCUT2D eigenvalue weighted by molar-refractivity contribution is -0.715. The highest BCUT2D eigenvalue weighted by molar-refractivity contribution is 5.93. The number of anilines is 1. The fourth-order valence-corrected chi connectivity index (χ4v) is 3.14. The van der Waals surface area contributed by atoms with Crippen LogP contribution in [0.4, 0.5) is 10.1 Å². The number of carbonyl (C=O) groups excluding carboxylic acids is 1. The Kier molecular flexibility index (Phi) is 5.34. The summed E-state index contributed by atoms with van der Waals surface area (Å²) in [6.07, 6.45) is 3.72. The zero-order valence-corrected chi connectivity index (χ0v) is 13.1. The van der Waals surface area contributed by atoms with Crippen molar-refractivity contribution in [2.24, 2.45) is 11.8 Å². The van der Waals surface area contributed by atoms with E-state index in [2.05, 4.69) is 24.5 Å². The van der Waals surface area contributed by atoms with Gasteiger partial charge in [-0.2, -0.15) is 0 Å². The summed E-state index contributed by atoms with van der Waals surface area (Å²) >= 11 is 0. The van der Waals surface area contributed by atoms with E-state index in [0.29, 0.717) is 17.6 Å². The largest absolute Gasteiger partial charge is 0.334 e. The Labute approximate surface area is 126 Å². The fraction of sp³-hybridized carbons (Fsp3) is 0.588. The van der Waals surface area contributed by atoms with Crippen molar-refractivity contribution in [3.8, 4) is 0 Å². The Morgan fingerprint density at radius 3 is 2.62 bits per heavy atom. The number of hydrogen-bond donors (Lipinski definition) is 2. The molecule has 116 valence electrons. The maximum atomic E-state index is 12.9. The van der Waals surface area contributed by atoms with Crippen molar-refractivity contribution < 1.29 is 14.5 Å². The summed E-state index contributed by atoms with van der Waals surface area (Å²) in [6, 6.07) is 6.27. The molecule has 2 rings (SSSR count). The van der Waals surface area contributed by atoms with Crippen LogP contribution in [0, 0.1) is 17.7 Å². The molecule has 1 saturated carbocycles. The van der Waals surface area contributed by atoms with Crippen molar-refractivity contribution in [3.05, 3.63) is 30.1 Å². The Morgan fingerprint density at radius 1 is 1.29 bits per heavy atom. The molecule has 1 aromatic carbocycles. The van der Waals surface area contributed by atoms with E-state index in [9.17, 15) is 9.18 Å². The lowest BCUT2D eigenvalue weighted by atomic mass is 9.78. The van der Waals surface area contributed by atoms with Crippen LogP contribution in [0.1, 0.15) is 40.0 Å². The molecule has 1 aromatic rings. The van der Waals surface area contributed by atoms with Gasteiger partial charge < -0.3 is 10.6 Å². The van der Waals surface area contributed by atoms with Crippen LogP contribution in [0.15, 0.2) is 24.3 Å². The molecule has 0 aromatic heterocycles. The number of benzene rings is 1. The van der Waals surface area contributed by atoms with Crippen molar-refractivity contribution in [1.29, 1.82) is 0 Å². The summed E-state index contributed by atoms with van der Waals surface area (Å²) in [4.78, 5) is 12.2. The van der Waals surface area contributed by atoms with Crippen LogP contribution >= 0.6 is 0 Å². The van der Waals surface area contributed by atoms with E-state index < -0.39 is 0 Å². The summed E-state index contributed by atoms with van der Waals surface area (Å²) in [7, 11) is 0. The lowest BCUT2D eigenvalue weighted by Gasteiger charge is -2.33. The van der Waals surface area contributed by atoms with E-state index >= 15 is 0 Å². The van der Waals surface area contributed by atoms with Gasteiger partial charge in [-0.05, 0) is 56.4 Å². The second-order valence-electron chi connectivity index (χ2n) is 6.41. The van der Waals surface area contributed by atoms with Crippen molar-refractivity contribution in [2.75, 3.05) is 5.32 Å². The quantitative estimate of drug-likeness (QED) is 0.880. The number of nitrogens with two attached hydrogens (primary N) is 1. The molecular weight excluding hydrogens is 267 g/mol. The van der Waals surface area contributed by atoms with Gasteiger partial charge in [-0.1, -0.05) is 13.8 Å². The zero-order chi connectivity index (χ0) is 15.4. The second kappa shape index (κ2) is 7.03. The van der Waals surface area contributed by atoms with Crippen molar-refractivity contribution in [3.63, 3.8) is 0 Å². The average Bonchev–Trinajstić information content (AvgIpc) is 2.46. The minimum absolute atomic E-state index is 0.0213. The summed E-state index contributed by atoms with van der Waals surface area (Å²) in [5, 5.41) is 5.04. The van der Waals surface area contributed by atoms with Gasteiger partial charge in [-0.15, -0.1) is 0 Å². The minimum atomic E-state index is -0.294. The molecule has 1 amide bonds. The van der Waals surface area contributed by atoms with E-state index in [4.69, 9.17) is 0 Å². The number of carbonyl (C=O) groups is 1. The first kappa shape index (κ1) is 16.0. The molecule has 0 bridgehead atoms. The first-order valence-electron chi connectivity index (χ1n) is 7.89. The normalized spacial score (nSPS) is 27.1. The number of rotatable bonds is 4. The van der Waals surface area contributed by atoms with Crippen LogP contribution in [0.5, 0.6) is 0 Å². The smallest absolute Gasteiger partial charge is 0.282 e. The molecule has 0 saturated heterocycles. The Bertz CT molecular complexity index is 474. The first-order valence-corrected chi connectivity index (χ1v) is 7.89. The van der Waals surface area contributed by atoms with Gasteiger partial charge in [0.1, 0.15) is 5.82 Å². The Morgan fingerprint density at radius 2 is 1.95 bits per heavy atom. The number of halogens is 1. The maximum Gasteiger partial charge on any atom is 0.282 e. The third-order valence-corrected chi connectivity index (χ3v) is 4.83. The number of nitrogens with one attached hydrogen (secondary N) is 1. The number of quaternary nitrogens is 1. The average molecular weight is 293 g/mol.